The maximum absolute atomic E-state index is 10.7. The lowest BCUT2D eigenvalue weighted by molar-refractivity contribution is 0.0690. The zero-order valence-corrected chi connectivity index (χ0v) is 9.37. The van der Waals surface area contributed by atoms with Crippen molar-refractivity contribution in [2.24, 2.45) is 0 Å². The number of rotatable bonds is 4. The van der Waals surface area contributed by atoms with E-state index in [2.05, 4.69) is 22.2 Å². The minimum Gasteiger partial charge on any atom is -0.477 e. The van der Waals surface area contributed by atoms with Gasteiger partial charge < -0.3 is 5.11 Å². The number of carbonyl (C=O) groups is 1. The number of pyridine rings is 1. The van der Waals surface area contributed by atoms with Crippen LogP contribution < -0.4 is 0 Å². The van der Waals surface area contributed by atoms with Crippen molar-refractivity contribution in [3.63, 3.8) is 0 Å². The molecule has 0 atom stereocenters. The molecule has 0 spiro atoms. The maximum atomic E-state index is 10.7. The van der Waals surface area contributed by atoms with E-state index in [1.54, 1.807) is 16.9 Å². The monoisotopic (exact) mass is 232 g/mol. The highest BCUT2D eigenvalue weighted by atomic mass is 16.4. The zero-order valence-electron chi connectivity index (χ0n) is 9.37. The lowest BCUT2D eigenvalue weighted by Crippen LogP contribution is -2.03. The molecule has 2 aromatic heterocycles. The van der Waals surface area contributed by atoms with Gasteiger partial charge in [-0.25, -0.2) is 14.5 Å². The van der Waals surface area contributed by atoms with E-state index in [0.717, 1.165) is 24.2 Å². The Bertz CT molecular complexity index is 519. The van der Waals surface area contributed by atoms with Crippen molar-refractivity contribution in [1.29, 1.82) is 0 Å². The highest BCUT2D eigenvalue weighted by molar-refractivity contribution is 5.85. The molecule has 0 aliphatic heterocycles. The number of carboxylic acid groups (broad SMARTS) is 1. The lowest BCUT2D eigenvalue weighted by Gasteiger charge is -2.04. The SMILES string of the molecule is CCCn1nncc1-c1ccc(C(=O)O)nc1. The van der Waals surface area contributed by atoms with E-state index in [9.17, 15) is 4.79 Å². The van der Waals surface area contributed by atoms with Gasteiger partial charge in [0, 0.05) is 18.3 Å². The van der Waals surface area contributed by atoms with Gasteiger partial charge in [-0.2, -0.15) is 0 Å². The summed E-state index contributed by atoms with van der Waals surface area (Å²) < 4.78 is 1.78. The molecule has 0 aliphatic rings. The van der Waals surface area contributed by atoms with E-state index in [-0.39, 0.29) is 5.69 Å². The molecular formula is C11H12N4O2. The molecule has 2 aromatic rings. The van der Waals surface area contributed by atoms with E-state index in [1.165, 1.54) is 12.3 Å². The number of nitrogens with zero attached hydrogens (tertiary/aromatic N) is 4. The number of aromatic carboxylic acids is 1. The fourth-order valence-electron chi connectivity index (χ4n) is 1.53. The maximum Gasteiger partial charge on any atom is 0.354 e. The van der Waals surface area contributed by atoms with Crippen LogP contribution in [0.4, 0.5) is 0 Å². The third kappa shape index (κ3) is 2.30. The Kier molecular flexibility index (Phi) is 3.13. The van der Waals surface area contributed by atoms with Gasteiger partial charge in [0.25, 0.3) is 0 Å². The number of hydrogen-bond acceptors (Lipinski definition) is 4. The van der Waals surface area contributed by atoms with Crippen LogP contribution in [0.2, 0.25) is 0 Å². The molecule has 0 aromatic carbocycles. The van der Waals surface area contributed by atoms with E-state index >= 15 is 0 Å². The Morgan fingerprint density at radius 2 is 2.24 bits per heavy atom. The van der Waals surface area contributed by atoms with Crippen LogP contribution in [-0.4, -0.2) is 31.1 Å². The van der Waals surface area contributed by atoms with Crippen molar-refractivity contribution in [2.45, 2.75) is 19.9 Å². The Balaban J connectivity index is 2.33. The molecule has 0 saturated carbocycles. The van der Waals surface area contributed by atoms with E-state index in [1.807, 2.05) is 0 Å². The average molecular weight is 232 g/mol. The summed E-state index contributed by atoms with van der Waals surface area (Å²) in [4.78, 5) is 14.5. The summed E-state index contributed by atoms with van der Waals surface area (Å²) in [5.41, 5.74) is 1.69. The number of aromatic nitrogens is 4. The van der Waals surface area contributed by atoms with Gasteiger partial charge in [0.2, 0.25) is 0 Å². The van der Waals surface area contributed by atoms with Crippen molar-refractivity contribution >= 4 is 5.97 Å². The Labute approximate surface area is 97.9 Å². The fourth-order valence-corrected chi connectivity index (χ4v) is 1.53. The van der Waals surface area contributed by atoms with Gasteiger partial charge in [-0.3, -0.25) is 0 Å². The highest BCUT2D eigenvalue weighted by Gasteiger charge is 2.08. The van der Waals surface area contributed by atoms with Gasteiger partial charge in [0.1, 0.15) is 5.69 Å². The summed E-state index contributed by atoms with van der Waals surface area (Å²) in [6.07, 6.45) is 4.12. The molecule has 0 aliphatic carbocycles. The second kappa shape index (κ2) is 4.73. The van der Waals surface area contributed by atoms with Crippen molar-refractivity contribution < 1.29 is 9.90 Å². The molecule has 0 unspecified atom stereocenters. The molecule has 17 heavy (non-hydrogen) atoms. The van der Waals surface area contributed by atoms with Crippen LogP contribution in [-0.2, 0) is 6.54 Å². The van der Waals surface area contributed by atoms with Crippen LogP contribution in [0, 0.1) is 0 Å². The Morgan fingerprint density at radius 1 is 1.41 bits per heavy atom. The summed E-state index contributed by atoms with van der Waals surface area (Å²) >= 11 is 0. The largest absolute Gasteiger partial charge is 0.477 e. The van der Waals surface area contributed by atoms with Crippen molar-refractivity contribution in [3.8, 4) is 11.3 Å². The topological polar surface area (TPSA) is 80.9 Å². The first-order valence-electron chi connectivity index (χ1n) is 5.30. The molecule has 2 rings (SSSR count). The molecule has 0 fully saturated rings. The minimum atomic E-state index is -1.03. The van der Waals surface area contributed by atoms with E-state index in [4.69, 9.17) is 5.11 Å². The van der Waals surface area contributed by atoms with Crippen molar-refractivity contribution in [3.05, 3.63) is 30.2 Å². The van der Waals surface area contributed by atoms with Gasteiger partial charge in [-0.1, -0.05) is 12.1 Å². The fraction of sp³-hybridized carbons (Fsp3) is 0.273. The first kappa shape index (κ1) is 11.3. The molecule has 0 saturated heterocycles. The van der Waals surface area contributed by atoms with Gasteiger partial charge in [0.15, 0.2) is 0 Å². The van der Waals surface area contributed by atoms with Gasteiger partial charge in [-0.05, 0) is 18.6 Å². The van der Waals surface area contributed by atoms with E-state index in [0.29, 0.717) is 0 Å². The molecule has 0 radical (unpaired) electrons. The second-order valence-electron chi connectivity index (χ2n) is 3.58. The van der Waals surface area contributed by atoms with Crippen LogP contribution in [0.1, 0.15) is 23.8 Å². The van der Waals surface area contributed by atoms with Crippen LogP contribution in [0.5, 0.6) is 0 Å². The van der Waals surface area contributed by atoms with E-state index < -0.39 is 5.97 Å². The first-order chi connectivity index (χ1) is 8.22. The van der Waals surface area contributed by atoms with Crippen LogP contribution in [0.25, 0.3) is 11.3 Å². The number of carboxylic acids is 1. The minimum absolute atomic E-state index is 0.0308. The summed E-state index contributed by atoms with van der Waals surface area (Å²) in [6, 6.07) is 3.18. The summed E-state index contributed by atoms with van der Waals surface area (Å²) in [6.45, 7) is 2.83. The number of aryl methyl sites for hydroxylation is 1. The standard InChI is InChI=1S/C11H12N4O2/c1-2-5-15-10(7-13-14-15)8-3-4-9(11(16)17)12-6-8/h3-4,6-7H,2,5H2,1H3,(H,16,17). The van der Waals surface area contributed by atoms with Crippen LogP contribution in [0.3, 0.4) is 0 Å². The zero-order chi connectivity index (χ0) is 12.3. The number of hydrogen-bond donors (Lipinski definition) is 1. The first-order valence-corrected chi connectivity index (χ1v) is 5.30. The Morgan fingerprint density at radius 3 is 2.82 bits per heavy atom. The molecule has 1 N–H and O–H groups in total. The molecule has 6 heteroatoms. The van der Waals surface area contributed by atoms with Crippen molar-refractivity contribution in [2.75, 3.05) is 0 Å². The Hall–Kier alpha value is -2.24. The van der Waals surface area contributed by atoms with Gasteiger partial charge in [-0.15, -0.1) is 5.10 Å². The van der Waals surface area contributed by atoms with Crippen molar-refractivity contribution in [1.82, 2.24) is 20.0 Å². The lowest BCUT2D eigenvalue weighted by atomic mass is 10.2. The summed E-state index contributed by atoms with van der Waals surface area (Å²) in [5, 5.41) is 16.6. The molecule has 0 amide bonds. The normalized spacial score (nSPS) is 10.4. The predicted octanol–water partition coefficient (Wildman–Crippen LogP) is 1.45. The van der Waals surface area contributed by atoms with Gasteiger partial charge >= 0.3 is 5.97 Å². The smallest absolute Gasteiger partial charge is 0.354 e. The molecule has 88 valence electrons. The molecule has 0 bridgehead atoms. The predicted molar refractivity (Wildman–Crippen MR) is 60.5 cm³/mol. The second-order valence-corrected chi connectivity index (χ2v) is 3.58. The highest BCUT2D eigenvalue weighted by Crippen LogP contribution is 2.17. The van der Waals surface area contributed by atoms with Crippen LogP contribution in [0.15, 0.2) is 24.5 Å². The molecular weight excluding hydrogens is 220 g/mol. The summed E-state index contributed by atoms with van der Waals surface area (Å²) in [7, 11) is 0. The summed E-state index contributed by atoms with van der Waals surface area (Å²) in [5.74, 6) is -1.03. The van der Waals surface area contributed by atoms with Gasteiger partial charge in [0.05, 0.1) is 11.9 Å². The quantitative estimate of drug-likeness (QED) is 0.862. The molecule has 6 nitrogen and oxygen atoms in total. The van der Waals surface area contributed by atoms with Crippen LogP contribution >= 0.6 is 0 Å². The third-order valence-electron chi connectivity index (χ3n) is 2.33. The third-order valence-corrected chi connectivity index (χ3v) is 2.33. The average Bonchev–Trinajstić information content (AvgIpc) is 2.78. The molecule has 2 heterocycles.